The van der Waals surface area contributed by atoms with Crippen molar-refractivity contribution in [2.45, 2.75) is 38.1 Å². The average molecular weight is 349 g/mol. The monoisotopic (exact) mass is 348 g/mol. The van der Waals surface area contributed by atoms with E-state index in [9.17, 15) is 0 Å². The lowest BCUT2D eigenvalue weighted by molar-refractivity contribution is 0.190. The van der Waals surface area contributed by atoms with E-state index < -0.39 is 0 Å². The molecular weight excluding hydrogens is 324 g/mol. The molecule has 4 rings (SSSR count). The van der Waals surface area contributed by atoms with E-state index >= 15 is 0 Å². The lowest BCUT2D eigenvalue weighted by Crippen LogP contribution is -2.44. The highest BCUT2D eigenvalue weighted by Gasteiger charge is 2.51. The first-order valence-electron chi connectivity index (χ1n) is 8.42. The normalized spacial score (nSPS) is 22.9. The lowest BCUT2D eigenvalue weighted by Gasteiger charge is -2.30. The van der Waals surface area contributed by atoms with Gasteiger partial charge in [0, 0.05) is 19.6 Å². The van der Waals surface area contributed by atoms with E-state index in [0.717, 1.165) is 44.2 Å². The van der Waals surface area contributed by atoms with Gasteiger partial charge in [-0.3, -0.25) is 4.90 Å². The van der Waals surface area contributed by atoms with Crippen LogP contribution in [0.2, 0.25) is 0 Å². The van der Waals surface area contributed by atoms with Crippen LogP contribution in [0.5, 0.6) is 0 Å². The summed E-state index contributed by atoms with van der Waals surface area (Å²) >= 11 is 0. The summed E-state index contributed by atoms with van der Waals surface area (Å²) in [4.78, 5) is 7.09. The van der Waals surface area contributed by atoms with Gasteiger partial charge in [-0.1, -0.05) is 34.5 Å². The van der Waals surface area contributed by atoms with Gasteiger partial charge < -0.3 is 9.84 Å². The van der Waals surface area contributed by atoms with Crippen molar-refractivity contribution in [1.29, 1.82) is 0 Å². The molecule has 1 atom stereocenters. The fourth-order valence-electron chi connectivity index (χ4n) is 3.66. The van der Waals surface area contributed by atoms with Gasteiger partial charge in [0.25, 0.3) is 0 Å². The van der Waals surface area contributed by atoms with E-state index in [1.54, 1.807) is 0 Å². The molecule has 0 bridgehead atoms. The van der Waals surface area contributed by atoms with Crippen molar-refractivity contribution in [3.8, 4) is 0 Å². The van der Waals surface area contributed by atoms with Crippen LogP contribution in [0.15, 0.2) is 22.7 Å². The van der Waals surface area contributed by atoms with Gasteiger partial charge in [-0.2, -0.15) is 4.98 Å². The maximum absolute atomic E-state index is 5.71. The molecule has 1 N–H and O–H groups in total. The number of hydrogen-bond donors (Lipinski definition) is 1. The maximum atomic E-state index is 5.71. The average Bonchev–Trinajstić information content (AvgIpc) is 3.18. The summed E-state index contributed by atoms with van der Waals surface area (Å²) < 4.78 is 5.71. The van der Waals surface area contributed by atoms with E-state index in [-0.39, 0.29) is 23.9 Å². The second-order valence-electron chi connectivity index (χ2n) is 7.12. The minimum Gasteiger partial charge on any atom is -0.338 e. The largest absolute Gasteiger partial charge is 0.338 e. The summed E-state index contributed by atoms with van der Waals surface area (Å²) in [6.07, 6.45) is 2.19. The van der Waals surface area contributed by atoms with Crippen molar-refractivity contribution in [3.63, 3.8) is 0 Å². The van der Waals surface area contributed by atoms with Gasteiger partial charge in [0.2, 0.25) is 5.89 Å². The van der Waals surface area contributed by atoms with Gasteiger partial charge in [0.1, 0.15) is 0 Å². The molecule has 1 aliphatic carbocycles. The number of hydrogen-bond acceptors (Lipinski definition) is 5. The van der Waals surface area contributed by atoms with Gasteiger partial charge >= 0.3 is 0 Å². The highest BCUT2D eigenvalue weighted by atomic mass is 35.5. The predicted molar refractivity (Wildman–Crippen MR) is 95.7 cm³/mol. The van der Waals surface area contributed by atoms with Crippen LogP contribution in [0, 0.1) is 13.8 Å². The third-order valence-corrected chi connectivity index (χ3v) is 5.18. The molecule has 1 unspecified atom stereocenters. The Morgan fingerprint density at radius 3 is 2.54 bits per heavy atom. The molecule has 0 amide bonds. The van der Waals surface area contributed by atoms with Crippen molar-refractivity contribution in [2.75, 3.05) is 26.7 Å². The molecule has 2 heterocycles. The van der Waals surface area contributed by atoms with Crippen LogP contribution in [-0.2, 0) is 5.41 Å². The molecule has 1 aromatic carbocycles. The molecule has 24 heavy (non-hydrogen) atoms. The van der Waals surface area contributed by atoms with E-state index in [1.165, 1.54) is 16.7 Å². The van der Waals surface area contributed by atoms with Gasteiger partial charge in [-0.25, -0.2) is 0 Å². The summed E-state index contributed by atoms with van der Waals surface area (Å²) in [5, 5.41) is 7.71. The third-order valence-electron chi connectivity index (χ3n) is 5.18. The minimum atomic E-state index is -0.0529. The summed E-state index contributed by atoms with van der Waals surface area (Å²) in [7, 11) is 2.12. The minimum absolute atomic E-state index is 0. The molecule has 6 heteroatoms. The molecule has 0 spiro atoms. The fraction of sp³-hybridized carbons (Fsp3) is 0.556. The summed E-state index contributed by atoms with van der Waals surface area (Å²) in [5.41, 5.74) is 3.85. The first-order chi connectivity index (χ1) is 11.1. The number of piperazine rings is 1. The van der Waals surface area contributed by atoms with Gasteiger partial charge in [-0.15, -0.1) is 12.4 Å². The Bertz CT molecular complexity index is 705. The van der Waals surface area contributed by atoms with Crippen molar-refractivity contribution in [2.24, 2.45) is 0 Å². The smallest absolute Gasteiger partial charge is 0.237 e. The van der Waals surface area contributed by atoms with E-state index in [2.05, 4.69) is 54.5 Å². The fourth-order valence-corrected chi connectivity index (χ4v) is 3.66. The van der Waals surface area contributed by atoms with Crippen LogP contribution in [0.1, 0.15) is 47.3 Å². The number of aromatic nitrogens is 2. The van der Waals surface area contributed by atoms with Gasteiger partial charge in [0.05, 0.1) is 11.5 Å². The Kier molecular flexibility index (Phi) is 4.69. The number of nitrogens with one attached hydrogen (secondary N) is 1. The number of halogens is 1. The Labute approximate surface area is 149 Å². The molecule has 1 aliphatic heterocycles. The molecule has 2 aliphatic rings. The van der Waals surface area contributed by atoms with Crippen molar-refractivity contribution in [3.05, 3.63) is 46.6 Å². The van der Waals surface area contributed by atoms with Crippen LogP contribution < -0.4 is 5.32 Å². The van der Waals surface area contributed by atoms with Crippen LogP contribution in [0.25, 0.3) is 0 Å². The molecule has 1 saturated heterocycles. The quantitative estimate of drug-likeness (QED) is 0.924. The third kappa shape index (κ3) is 2.96. The Morgan fingerprint density at radius 1 is 1.21 bits per heavy atom. The zero-order valence-corrected chi connectivity index (χ0v) is 15.3. The first-order valence-corrected chi connectivity index (χ1v) is 8.42. The van der Waals surface area contributed by atoms with Crippen LogP contribution in [0.3, 0.4) is 0 Å². The maximum Gasteiger partial charge on any atom is 0.237 e. The highest BCUT2D eigenvalue weighted by molar-refractivity contribution is 5.85. The molecule has 0 radical (unpaired) electrons. The van der Waals surface area contributed by atoms with E-state index in [4.69, 9.17) is 9.51 Å². The van der Waals surface area contributed by atoms with Crippen molar-refractivity contribution < 1.29 is 4.52 Å². The number of rotatable bonds is 3. The summed E-state index contributed by atoms with van der Waals surface area (Å²) in [5.74, 6) is 1.60. The molecule has 130 valence electrons. The molecule has 5 nitrogen and oxygen atoms in total. The Hall–Kier alpha value is -1.43. The second-order valence-corrected chi connectivity index (χ2v) is 7.12. The summed E-state index contributed by atoms with van der Waals surface area (Å²) in [6.45, 7) is 7.20. The van der Waals surface area contributed by atoms with Gasteiger partial charge in [0.15, 0.2) is 5.82 Å². The summed E-state index contributed by atoms with van der Waals surface area (Å²) in [6, 6.07) is 6.94. The van der Waals surface area contributed by atoms with Crippen LogP contribution in [0.4, 0.5) is 0 Å². The molecule has 1 aromatic heterocycles. The molecule has 1 saturated carbocycles. The van der Waals surface area contributed by atoms with Crippen LogP contribution >= 0.6 is 12.4 Å². The standard InChI is InChI=1S/C18H24N4O.ClH/c1-12-8-13(2)10-14(9-12)18(4-5-18)17-20-16(21-23-17)15-11-19-6-7-22(15)3;/h8-10,15,19H,4-7,11H2,1-3H3;1H. The predicted octanol–water partition coefficient (Wildman–Crippen LogP) is 2.76. The lowest BCUT2D eigenvalue weighted by atomic mass is 9.92. The topological polar surface area (TPSA) is 54.2 Å². The molecule has 2 fully saturated rings. The van der Waals surface area contributed by atoms with Gasteiger partial charge in [-0.05, 0) is 39.3 Å². The van der Waals surface area contributed by atoms with E-state index in [1.807, 2.05) is 0 Å². The molecular formula is C18H25ClN4O. The number of likely N-dealkylation sites (N-methyl/N-ethyl adjacent to an activating group) is 1. The van der Waals surface area contributed by atoms with Crippen molar-refractivity contribution in [1.82, 2.24) is 20.4 Å². The first kappa shape index (κ1) is 17.4. The number of nitrogens with zero attached hydrogens (tertiary/aromatic N) is 3. The Morgan fingerprint density at radius 2 is 1.92 bits per heavy atom. The zero-order chi connectivity index (χ0) is 16.0. The highest BCUT2D eigenvalue weighted by Crippen LogP contribution is 2.53. The number of benzene rings is 1. The number of aryl methyl sites for hydroxylation is 2. The zero-order valence-electron chi connectivity index (χ0n) is 14.5. The van der Waals surface area contributed by atoms with E-state index in [0.29, 0.717) is 0 Å². The SMILES string of the molecule is Cc1cc(C)cc(C2(c3nc(C4CNCCN4C)no3)CC2)c1.Cl. The van der Waals surface area contributed by atoms with Crippen molar-refractivity contribution >= 4 is 12.4 Å². The Balaban J connectivity index is 0.00000169. The second kappa shape index (κ2) is 6.47. The molecule has 2 aromatic rings. The van der Waals surface area contributed by atoms with Crippen LogP contribution in [-0.4, -0.2) is 41.7 Å².